The first-order valence-electron chi connectivity index (χ1n) is 4.75. The van der Waals surface area contributed by atoms with Gasteiger partial charge in [-0.25, -0.2) is 10.8 Å². The van der Waals surface area contributed by atoms with Crippen LogP contribution in [0.1, 0.15) is 0 Å². The summed E-state index contributed by atoms with van der Waals surface area (Å²) in [6, 6.07) is 7.70. The van der Waals surface area contributed by atoms with E-state index in [1.165, 1.54) is 11.8 Å². The first-order valence-corrected chi connectivity index (χ1v) is 5.97. The van der Waals surface area contributed by atoms with Gasteiger partial charge in [0.2, 0.25) is 0 Å². The van der Waals surface area contributed by atoms with Crippen LogP contribution in [0.25, 0.3) is 11.0 Å². The van der Waals surface area contributed by atoms with E-state index in [2.05, 4.69) is 10.4 Å². The molecule has 0 saturated heterocycles. The molecule has 0 spiro atoms. The summed E-state index contributed by atoms with van der Waals surface area (Å²) in [6.07, 6.45) is 1.93. The maximum Gasteiger partial charge on any atom is 0.253 e. The van der Waals surface area contributed by atoms with Crippen molar-refractivity contribution in [2.45, 2.75) is 11.7 Å². The van der Waals surface area contributed by atoms with E-state index in [9.17, 15) is 4.79 Å². The molecule has 6 heteroatoms. The molecular formula is C10H12N4OS. The highest BCUT2D eigenvalue weighted by Gasteiger charge is 2.11. The van der Waals surface area contributed by atoms with Crippen molar-refractivity contribution in [3.8, 4) is 0 Å². The van der Waals surface area contributed by atoms with Crippen LogP contribution in [0.3, 0.4) is 0 Å². The normalized spacial score (nSPS) is 10.6. The molecule has 0 aliphatic rings. The lowest BCUT2D eigenvalue weighted by molar-refractivity contribution is -0.121. The Labute approximate surface area is 97.0 Å². The minimum atomic E-state index is -0.238. The standard InChI is InChI=1S/C10H12N4OS/c1-16-10-12-7-4-2-3-5-8(7)14(10)6-9(15)13-11/h2-5H,6,11H2,1H3,(H,13,15). The summed E-state index contributed by atoms with van der Waals surface area (Å²) in [4.78, 5) is 15.7. The Kier molecular flexibility index (Phi) is 3.12. The number of aromatic nitrogens is 2. The van der Waals surface area contributed by atoms with E-state index in [0.29, 0.717) is 0 Å². The van der Waals surface area contributed by atoms with Crippen LogP contribution >= 0.6 is 11.8 Å². The van der Waals surface area contributed by atoms with Crippen molar-refractivity contribution < 1.29 is 4.79 Å². The molecule has 0 bridgehead atoms. The van der Waals surface area contributed by atoms with Gasteiger partial charge in [-0.3, -0.25) is 10.2 Å². The molecule has 5 nitrogen and oxygen atoms in total. The van der Waals surface area contributed by atoms with E-state index < -0.39 is 0 Å². The average molecular weight is 236 g/mol. The average Bonchev–Trinajstić information content (AvgIpc) is 2.67. The van der Waals surface area contributed by atoms with Gasteiger partial charge in [0.1, 0.15) is 6.54 Å². The van der Waals surface area contributed by atoms with E-state index in [1.807, 2.05) is 35.1 Å². The van der Waals surface area contributed by atoms with Crippen LogP contribution in [0.15, 0.2) is 29.4 Å². The van der Waals surface area contributed by atoms with Gasteiger partial charge in [-0.15, -0.1) is 0 Å². The fourth-order valence-electron chi connectivity index (χ4n) is 1.55. The fraction of sp³-hybridized carbons (Fsp3) is 0.200. The predicted octanol–water partition coefficient (Wildman–Crippen LogP) is 0.748. The van der Waals surface area contributed by atoms with Gasteiger partial charge < -0.3 is 4.57 Å². The molecule has 2 aromatic rings. The smallest absolute Gasteiger partial charge is 0.253 e. The van der Waals surface area contributed by atoms with Crippen LogP contribution in [0, 0.1) is 0 Å². The number of carbonyl (C=O) groups is 1. The number of para-hydroxylation sites is 2. The van der Waals surface area contributed by atoms with Crippen LogP contribution in [-0.2, 0) is 11.3 Å². The molecule has 1 aromatic carbocycles. The Balaban J connectivity index is 2.51. The monoisotopic (exact) mass is 236 g/mol. The van der Waals surface area contributed by atoms with Gasteiger partial charge in [-0.05, 0) is 18.4 Å². The molecule has 1 amide bonds. The van der Waals surface area contributed by atoms with Crippen molar-refractivity contribution in [1.29, 1.82) is 0 Å². The molecule has 0 aliphatic carbocycles. The Bertz CT molecular complexity index is 523. The van der Waals surface area contributed by atoms with E-state index in [-0.39, 0.29) is 12.5 Å². The van der Waals surface area contributed by atoms with Gasteiger partial charge in [-0.1, -0.05) is 23.9 Å². The number of rotatable bonds is 3. The van der Waals surface area contributed by atoms with E-state index in [4.69, 9.17) is 5.84 Å². The summed E-state index contributed by atoms with van der Waals surface area (Å²) in [6.45, 7) is 0.188. The zero-order chi connectivity index (χ0) is 11.5. The number of nitrogens with two attached hydrogens (primary N) is 1. The third-order valence-electron chi connectivity index (χ3n) is 2.26. The maximum atomic E-state index is 11.3. The van der Waals surface area contributed by atoms with Gasteiger partial charge in [-0.2, -0.15) is 0 Å². The zero-order valence-corrected chi connectivity index (χ0v) is 9.62. The third kappa shape index (κ3) is 1.89. The number of nitrogens with one attached hydrogen (secondary N) is 1. The van der Waals surface area contributed by atoms with Crippen molar-refractivity contribution in [2.24, 2.45) is 5.84 Å². The highest BCUT2D eigenvalue weighted by atomic mass is 32.2. The van der Waals surface area contributed by atoms with Crippen LogP contribution in [-0.4, -0.2) is 21.7 Å². The Morgan fingerprint density at radius 1 is 1.56 bits per heavy atom. The van der Waals surface area contributed by atoms with Gasteiger partial charge in [0.05, 0.1) is 11.0 Å². The molecule has 0 aliphatic heterocycles. The second-order valence-corrected chi connectivity index (χ2v) is 4.01. The lowest BCUT2D eigenvalue weighted by Crippen LogP contribution is -2.33. The zero-order valence-electron chi connectivity index (χ0n) is 8.80. The quantitative estimate of drug-likeness (QED) is 0.357. The highest BCUT2D eigenvalue weighted by molar-refractivity contribution is 7.98. The lowest BCUT2D eigenvalue weighted by atomic mass is 10.3. The molecule has 84 valence electrons. The largest absolute Gasteiger partial charge is 0.309 e. The Morgan fingerprint density at radius 2 is 2.31 bits per heavy atom. The molecule has 0 radical (unpaired) electrons. The van der Waals surface area contributed by atoms with Gasteiger partial charge in [0, 0.05) is 0 Å². The second kappa shape index (κ2) is 4.54. The van der Waals surface area contributed by atoms with Crippen molar-refractivity contribution in [2.75, 3.05) is 6.26 Å². The third-order valence-corrected chi connectivity index (χ3v) is 2.94. The Hall–Kier alpha value is -1.53. The summed E-state index contributed by atoms with van der Waals surface area (Å²) in [5.41, 5.74) is 3.95. The van der Waals surface area contributed by atoms with Crippen molar-refractivity contribution >= 4 is 28.7 Å². The number of imidazole rings is 1. The number of fused-ring (bicyclic) bond motifs is 1. The number of hydrogen-bond donors (Lipinski definition) is 2. The molecule has 0 saturated carbocycles. The van der Waals surface area contributed by atoms with Crippen molar-refractivity contribution in [1.82, 2.24) is 15.0 Å². The van der Waals surface area contributed by atoms with E-state index in [0.717, 1.165) is 16.2 Å². The summed E-state index contributed by atoms with van der Waals surface area (Å²) in [7, 11) is 0. The number of hydrogen-bond acceptors (Lipinski definition) is 4. The molecule has 0 fully saturated rings. The van der Waals surface area contributed by atoms with Gasteiger partial charge in [0.25, 0.3) is 5.91 Å². The first-order chi connectivity index (χ1) is 7.76. The minimum Gasteiger partial charge on any atom is -0.309 e. The fourth-order valence-corrected chi connectivity index (χ4v) is 2.12. The SMILES string of the molecule is CSc1nc2ccccc2n1CC(=O)NN. The minimum absolute atomic E-state index is 0.188. The molecule has 2 rings (SSSR count). The summed E-state index contributed by atoms with van der Waals surface area (Å²) >= 11 is 1.50. The van der Waals surface area contributed by atoms with Crippen LogP contribution in [0.5, 0.6) is 0 Å². The predicted molar refractivity (Wildman–Crippen MR) is 63.8 cm³/mol. The summed E-state index contributed by atoms with van der Waals surface area (Å²) in [5.74, 6) is 4.85. The molecule has 0 unspecified atom stereocenters. The number of carbonyl (C=O) groups excluding carboxylic acids is 1. The Morgan fingerprint density at radius 3 is 3.00 bits per heavy atom. The number of benzene rings is 1. The number of nitrogens with zero attached hydrogens (tertiary/aromatic N) is 2. The van der Waals surface area contributed by atoms with Gasteiger partial charge >= 0.3 is 0 Å². The number of hydrazine groups is 1. The van der Waals surface area contributed by atoms with Crippen LogP contribution in [0.2, 0.25) is 0 Å². The topological polar surface area (TPSA) is 72.9 Å². The highest BCUT2D eigenvalue weighted by Crippen LogP contribution is 2.21. The van der Waals surface area contributed by atoms with Crippen molar-refractivity contribution in [3.63, 3.8) is 0 Å². The summed E-state index contributed by atoms with van der Waals surface area (Å²) in [5, 5.41) is 0.810. The molecule has 1 heterocycles. The van der Waals surface area contributed by atoms with Gasteiger partial charge in [0.15, 0.2) is 5.16 Å². The lowest BCUT2D eigenvalue weighted by Gasteiger charge is -2.05. The second-order valence-electron chi connectivity index (χ2n) is 3.24. The molecule has 1 aromatic heterocycles. The van der Waals surface area contributed by atoms with E-state index in [1.54, 1.807) is 0 Å². The molecule has 0 atom stereocenters. The van der Waals surface area contributed by atoms with E-state index >= 15 is 0 Å². The van der Waals surface area contributed by atoms with Crippen LogP contribution in [0.4, 0.5) is 0 Å². The molecular weight excluding hydrogens is 224 g/mol. The number of thioether (sulfide) groups is 1. The summed E-state index contributed by atoms with van der Waals surface area (Å²) < 4.78 is 1.85. The maximum absolute atomic E-state index is 11.3. The molecule has 3 N–H and O–H groups in total. The number of amides is 1. The van der Waals surface area contributed by atoms with Crippen LogP contribution < -0.4 is 11.3 Å². The molecule has 16 heavy (non-hydrogen) atoms. The van der Waals surface area contributed by atoms with Crippen molar-refractivity contribution in [3.05, 3.63) is 24.3 Å². The first kappa shape index (κ1) is 11.0.